The molecule has 3 rings (SSSR count). The first-order valence-electron chi connectivity index (χ1n) is 6.75. The van der Waals surface area contributed by atoms with Gasteiger partial charge in [0.05, 0.1) is 6.04 Å². The van der Waals surface area contributed by atoms with Gasteiger partial charge >= 0.3 is 0 Å². The molecule has 2 N–H and O–H groups in total. The summed E-state index contributed by atoms with van der Waals surface area (Å²) in [4.78, 5) is 0. The molecular formula is C17H19NO. The Bertz CT molecular complexity index is 606. The zero-order valence-electron chi connectivity index (χ0n) is 11.4. The minimum atomic E-state index is -0.0684. The average molecular weight is 253 g/mol. The first-order chi connectivity index (χ1) is 9.13. The van der Waals surface area contributed by atoms with Crippen LogP contribution in [0.3, 0.4) is 0 Å². The van der Waals surface area contributed by atoms with Crippen molar-refractivity contribution in [3.8, 4) is 5.75 Å². The zero-order chi connectivity index (χ0) is 13.4. The summed E-state index contributed by atoms with van der Waals surface area (Å²) in [6, 6.07) is 14.6. The van der Waals surface area contributed by atoms with Gasteiger partial charge in [0.2, 0.25) is 0 Å². The van der Waals surface area contributed by atoms with Crippen LogP contribution in [0, 0.1) is 6.92 Å². The Morgan fingerprint density at radius 2 is 1.95 bits per heavy atom. The molecule has 0 saturated heterocycles. The highest BCUT2D eigenvalue weighted by atomic mass is 16.5. The largest absolute Gasteiger partial charge is 0.490 e. The number of rotatable bonds is 2. The van der Waals surface area contributed by atoms with Crippen LogP contribution in [0.25, 0.3) is 0 Å². The summed E-state index contributed by atoms with van der Waals surface area (Å²) in [5, 5.41) is 0. The van der Waals surface area contributed by atoms with Crippen molar-refractivity contribution < 1.29 is 4.74 Å². The molecule has 2 atom stereocenters. The maximum Gasteiger partial charge on any atom is 0.123 e. The van der Waals surface area contributed by atoms with Crippen molar-refractivity contribution in [2.45, 2.75) is 32.4 Å². The second-order valence-corrected chi connectivity index (χ2v) is 5.39. The van der Waals surface area contributed by atoms with E-state index in [9.17, 15) is 0 Å². The number of hydrogen-bond donors (Lipinski definition) is 1. The van der Waals surface area contributed by atoms with Crippen molar-refractivity contribution in [2.75, 3.05) is 0 Å². The number of fused-ring (bicyclic) bond motifs is 1. The number of ether oxygens (including phenoxy) is 1. The van der Waals surface area contributed by atoms with Gasteiger partial charge in [0.1, 0.15) is 11.9 Å². The molecule has 2 nitrogen and oxygen atoms in total. The molecule has 0 radical (unpaired) electrons. The molecule has 98 valence electrons. The second kappa shape index (κ2) is 4.71. The minimum Gasteiger partial charge on any atom is -0.490 e. The quantitative estimate of drug-likeness (QED) is 0.890. The van der Waals surface area contributed by atoms with E-state index < -0.39 is 0 Å². The summed E-state index contributed by atoms with van der Waals surface area (Å²) in [7, 11) is 0. The molecule has 0 fully saturated rings. The van der Waals surface area contributed by atoms with E-state index in [4.69, 9.17) is 10.5 Å². The summed E-state index contributed by atoms with van der Waals surface area (Å²) in [6.07, 6.45) is 1.25. The van der Waals surface area contributed by atoms with Crippen LogP contribution in [0.2, 0.25) is 0 Å². The van der Waals surface area contributed by atoms with E-state index in [2.05, 4.69) is 50.2 Å². The molecule has 1 aliphatic rings. The van der Waals surface area contributed by atoms with Crippen LogP contribution < -0.4 is 10.5 Å². The molecular weight excluding hydrogens is 234 g/mol. The SMILES string of the molecule is Cc1cccc(C(N)c2ccc3c(c2)CC(C)O3)c1. The standard InChI is InChI=1S/C17H19NO/c1-11-4-3-5-13(8-11)17(18)14-6-7-16-15(10-14)9-12(2)19-16/h3-8,10,12,17H,9,18H2,1-2H3. The van der Waals surface area contributed by atoms with Gasteiger partial charge in [-0.3, -0.25) is 0 Å². The Balaban J connectivity index is 1.93. The van der Waals surface area contributed by atoms with Crippen LogP contribution in [0.5, 0.6) is 5.75 Å². The van der Waals surface area contributed by atoms with E-state index in [0.717, 1.165) is 23.3 Å². The Kier molecular flexibility index (Phi) is 3.03. The maximum atomic E-state index is 6.37. The van der Waals surface area contributed by atoms with Gasteiger partial charge in [0, 0.05) is 6.42 Å². The fourth-order valence-corrected chi connectivity index (χ4v) is 2.69. The average Bonchev–Trinajstić information content (AvgIpc) is 2.76. The lowest BCUT2D eigenvalue weighted by Crippen LogP contribution is -2.12. The van der Waals surface area contributed by atoms with Crippen LogP contribution in [-0.4, -0.2) is 6.10 Å². The fourth-order valence-electron chi connectivity index (χ4n) is 2.69. The zero-order valence-corrected chi connectivity index (χ0v) is 11.4. The van der Waals surface area contributed by atoms with Gasteiger partial charge in [-0.25, -0.2) is 0 Å². The third-order valence-electron chi connectivity index (χ3n) is 3.68. The maximum absolute atomic E-state index is 6.37. The van der Waals surface area contributed by atoms with E-state index in [1.165, 1.54) is 11.1 Å². The number of aryl methyl sites for hydroxylation is 1. The molecule has 1 heterocycles. The van der Waals surface area contributed by atoms with Crippen LogP contribution in [-0.2, 0) is 6.42 Å². The Hall–Kier alpha value is -1.80. The van der Waals surface area contributed by atoms with Gasteiger partial charge in [-0.15, -0.1) is 0 Å². The van der Waals surface area contributed by atoms with E-state index in [-0.39, 0.29) is 12.1 Å². The van der Waals surface area contributed by atoms with Gasteiger partial charge in [0.15, 0.2) is 0 Å². The van der Waals surface area contributed by atoms with Gasteiger partial charge in [0.25, 0.3) is 0 Å². The van der Waals surface area contributed by atoms with E-state index in [1.54, 1.807) is 0 Å². The van der Waals surface area contributed by atoms with Gasteiger partial charge in [-0.1, -0.05) is 42.0 Å². The van der Waals surface area contributed by atoms with Crippen molar-refractivity contribution in [3.63, 3.8) is 0 Å². The monoisotopic (exact) mass is 253 g/mol. The molecule has 2 heteroatoms. The first-order valence-corrected chi connectivity index (χ1v) is 6.75. The fraction of sp³-hybridized carbons (Fsp3) is 0.294. The molecule has 0 saturated carbocycles. The predicted octanol–water partition coefficient (Wildman–Crippen LogP) is 3.37. The molecule has 0 spiro atoms. The third-order valence-corrected chi connectivity index (χ3v) is 3.68. The predicted molar refractivity (Wildman–Crippen MR) is 77.4 cm³/mol. The van der Waals surface area contributed by atoms with Crippen LogP contribution in [0.15, 0.2) is 42.5 Å². The van der Waals surface area contributed by atoms with Crippen LogP contribution >= 0.6 is 0 Å². The second-order valence-electron chi connectivity index (χ2n) is 5.39. The lowest BCUT2D eigenvalue weighted by molar-refractivity contribution is 0.254. The molecule has 2 aromatic carbocycles. The normalized spacial score (nSPS) is 18.8. The summed E-state index contributed by atoms with van der Waals surface area (Å²) in [6.45, 7) is 4.19. The molecule has 2 aromatic rings. The lowest BCUT2D eigenvalue weighted by atomic mass is 9.96. The van der Waals surface area contributed by atoms with Crippen molar-refractivity contribution >= 4 is 0 Å². The highest BCUT2D eigenvalue weighted by Crippen LogP contribution is 2.32. The van der Waals surface area contributed by atoms with Gasteiger partial charge in [-0.05, 0) is 36.6 Å². The molecule has 2 unspecified atom stereocenters. The number of benzene rings is 2. The Morgan fingerprint density at radius 3 is 2.74 bits per heavy atom. The highest BCUT2D eigenvalue weighted by molar-refractivity contribution is 5.44. The van der Waals surface area contributed by atoms with Gasteiger partial charge < -0.3 is 10.5 Å². The first kappa shape index (κ1) is 12.2. The van der Waals surface area contributed by atoms with Crippen LogP contribution in [0.1, 0.15) is 35.2 Å². The summed E-state index contributed by atoms with van der Waals surface area (Å²) in [5.41, 5.74) is 11.2. The smallest absolute Gasteiger partial charge is 0.123 e. The van der Waals surface area contributed by atoms with Crippen molar-refractivity contribution in [1.82, 2.24) is 0 Å². The van der Waals surface area contributed by atoms with Crippen LogP contribution in [0.4, 0.5) is 0 Å². The third kappa shape index (κ3) is 2.36. The molecule has 1 aliphatic heterocycles. The summed E-state index contributed by atoms with van der Waals surface area (Å²) < 4.78 is 5.73. The van der Waals surface area contributed by atoms with Crippen molar-refractivity contribution in [2.24, 2.45) is 5.73 Å². The molecule has 19 heavy (non-hydrogen) atoms. The Labute approximate surface area is 114 Å². The van der Waals surface area contributed by atoms with Crippen molar-refractivity contribution in [3.05, 3.63) is 64.7 Å². The van der Waals surface area contributed by atoms with Gasteiger partial charge in [-0.2, -0.15) is 0 Å². The minimum absolute atomic E-state index is 0.0684. The highest BCUT2D eigenvalue weighted by Gasteiger charge is 2.20. The van der Waals surface area contributed by atoms with E-state index in [0.29, 0.717) is 0 Å². The molecule has 0 bridgehead atoms. The molecule has 0 aromatic heterocycles. The van der Waals surface area contributed by atoms with E-state index in [1.807, 2.05) is 6.07 Å². The number of nitrogens with two attached hydrogens (primary N) is 1. The molecule has 0 amide bonds. The molecule has 0 aliphatic carbocycles. The summed E-state index contributed by atoms with van der Waals surface area (Å²) in [5.74, 6) is 1.01. The van der Waals surface area contributed by atoms with E-state index >= 15 is 0 Å². The summed E-state index contributed by atoms with van der Waals surface area (Å²) >= 11 is 0. The lowest BCUT2D eigenvalue weighted by Gasteiger charge is -2.14. The topological polar surface area (TPSA) is 35.2 Å². The Morgan fingerprint density at radius 1 is 1.16 bits per heavy atom. The number of hydrogen-bond acceptors (Lipinski definition) is 2. The van der Waals surface area contributed by atoms with Crippen molar-refractivity contribution in [1.29, 1.82) is 0 Å².